The molecular formula is C20H26ClNO2. The molecule has 0 heterocycles. The normalized spacial score (nSPS) is 12.0. The summed E-state index contributed by atoms with van der Waals surface area (Å²) in [6, 6.07) is 14.4. The molecule has 1 unspecified atom stereocenters. The van der Waals surface area contributed by atoms with E-state index >= 15 is 0 Å². The van der Waals surface area contributed by atoms with Crippen molar-refractivity contribution in [2.45, 2.75) is 46.4 Å². The van der Waals surface area contributed by atoms with E-state index in [0.717, 1.165) is 24.1 Å². The average molecular weight is 348 g/mol. The molecule has 2 rings (SSSR count). The van der Waals surface area contributed by atoms with Crippen LogP contribution in [0.25, 0.3) is 0 Å². The van der Waals surface area contributed by atoms with Gasteiger partial charge in [0.15, 0.2) is 11.5 Å². The molecule has 0 bridgehead atoms. The maximum Gasteiger partial charge on any atom is 0.180 e. The van der Waals surface area contributed by atoms with Crippen molar-refractivity contribution in [1.29, 1.82) is 0 Å². The van der Waals surface area contributed by atoms with E-state index in [0.29, 0.717) is 35.8 Å². The zero-order chi connectivity index (χ0) is 17.4. The Bertz CT molecular complexity index is 631. The van der Waals surface area contributed by atoms with Gasteiger partial charge in [0.25, 0.3) is 0 Å². The van der Waals surface area contributed by atoms with Crippen LogP contribution in [0.15, 0.2) is 42.5 Å². The van der Waals surface area contributed by atoms with Crippen molar-refractivity contribution in [3.05, 3.63) is 58.6 Å². The summed E-state index contributed by atoms with van der Waals surface area (Å²) in [5, 5.41) is 4.05. The van der Waals surface area contributed by atoms with Gasteiger partial charge >= 0.3 is 0 Å². The summed E-state index contributed by atoms with van der Waals surface area (Å²) in [5.74, 6) is 1.30. The van der Waals surface area contributed by atoms with Crippen LogP contribution in [0.5, 0.6) is 11.5 Å². The lowest BCUT2D eigenvalue weighted by molar-refractivity contribution is 0.269. The number of nitrogens with one attached hydrogen (secondary N) is 1. The summed E-state index contributed by atoms with van der Waals surface area (Å²) in [4.78, 5) is 0. The van der Waals surface area contributed by atoms with Crippen LogP contribution in [0.1, 0.15) is 38.3 Å². The first-order valence-electron chi connectivity index (χ1n) is 8.49. The quantitative estimate of drug-likeness (QED) is 0.675. The van der Waals surface area contributed by atoms with E-state index in [1.807, 2.05) is 49.4 Å². The van der Waals surface area contributed by atoms with E-state index < -0.39 is 0 Å². The van der Waals surface area contributed by atoms with Crippen molar-refractivity contribution in [2.24, 2.45) is 0 Å². The van der Waals surface area contributed by atoms with Crippen LogP contribution in [0.4, 0.5) is 0 Å². The zero-order valence-electron chi connectivity index (χ0n) is 14.6. The van der Waals surface area contributed by atoms with E-state index in [1.165, 1.54) is 0 Å². The average Bonchev–Trinajstić information content (AvgIpc) is 2.60. The lowest BCUT2D eigenvalue weighted by Gasteiger charge is -2.17. The highest BCUT2D eigenvalue weighted by atomic mass is 35.5. The molecule has 0 aliphatic rings. The Morgan fingerprint density at radius 3 is 2.46 bits per heavy atom. The summed E-state index contributed by atoms with van der Waals surface area (Å²) in [7, 11) is 0. The lowest BCUT2D eigenvalue weighted by atomic mass is 10.1. The third-order valence-corrected chi connectivity index (χ3v) is 4.14. The Hall–Kier alpha value is -1.71. The van der Waals surface area contributed by atoms with Gasteiger partial charge in [-0.2, -0.15) is 0 Å². The fourth-order valence-corrected chi connectivity index (χ4v) is 2.58. The Morgan fingerprint density at radius 1 is 1.04 bits per heavy atom. The number of rotatable bonds is 9. The molecule has 0 aliphatic carbocycles. The van der Waals surface area contributed by atoms with E-state index in [-0.39, 0.29) is 0 Å². The Labute approximate surface area is 149 Å². The summed E-state index contributed by atoms with van der Waals surface area (Å²) in [6.45, 7) is 8.08. The number of hydrogen-bond acceptors (Lipinski definition) is 3. The second-order valence-corrected chi connectivity index (χ2v) is 6.21. The van der Waals surface area contributed by atoms with Crippen LogP contribution < -0.4 is 14.8 Å². The van der Waals surface area contributed by atoms with Gasteiger partial charge in [-0.25, -0.2) is 0 Å². The van der Waals surface area contributed by atoms with Crippen molar-refractivity contribution in [1.82, 2.24) is 5.32 Å². The standard InChI is InChI=1S/C20H26ClNO2/c1-4-15(3)22-13-17-11-18(21)20(19(12-17)23-5-2)24-14-16-9-7-6-8-10-16/h6-12,15,22H,4-5,13-14H2,1-3H3. The fraction of sp³-hybridized carbons (Fsp3) is 0.400. The molecule has 0 radical (unpaired) electrons. The van der Waals surface area contributed by atoms with Crippen LogP contribution in [-0.4, -0.2) is 12.6 Å². The van der Waals surface area contributed by atoms with Crippen LogP contribution in [0.3, 0.4) is 0 Å². The minimum Gasteiger partial charge on any atom is -0.490 e. The topological polar surface area (TPSA) is 30.5 Å². The maximum atomic E-state index is 6.45. The van der Waals surface area contributed by atoms with E-state index in [9.17, 15) is 0 Å². The summed E-state index contributed by atoms with van der Waals surface area (Å²) < 4.78 is 11.7. The molecule has 0 saturated carbocycles. The van der Waals surface area contributed by atoms with Crippen LogP contribution in [-0.2, 0) is 13.2 Å². The van der Waals surface area contributed by atoms with Gasteiger partial charge < -0.3 is 14.8 Å². The minimum absolute atomic E-state index is 0.463. The summed E-state index contributed by atoms with van der Waals surface area (Å²) in [6.07, 6.45) is 1.09. The maximum absolute atomic E-state index is 6.45. The van der Waals surface area contributed by atoms with Crippen molar-refractivity contribution in [2.75, 3.05) is 6.61 Å². The largest absolute Gasteiger partial charge is 0.490 e. The van der Waals surface area contributed by atoms with Crippen molar-refractivity contribution >= 4 is 11.6 Å². The number of halogens is 1. The molecule has 130 valence electrons. The predicted molar refractivity (Wildman–Crippen MR) is 100.0 cm³/mol. The SMILES string of the molecule is CCOc1cc(CNC(C)CC)cc(Cl)c1OCc1ccccc1. The minimum atomic E-state index is 0.463. The summed E-state index contributed by atoms with van der Waals surface area (Å²) >= 11 is 6.45. The van der Waals surface area contributed by atoms with Gasteiger partial charge in [-0.15, -0.1) is 0 Å². The van der Waals surface area contributed by atoms with Gasteiger partial charge in [0.2, 0.25) is 0 Å². The first kappa shape index (κ1) is 18.6. The first-order valence-corrected chi connectivity index (χ1v) is 8.87. The van der Waals surface area contributed by atoms with Gasteiger partial charge in [0.1, 0.15) is 6.61 Å². The molecule has 0 fully saturated rings. The number of benzene rings is 2. The van der Waals surface area contributed by atoms with Gasteiger partial charge in [0.05, 0.1) is 11.6 Å². The van der Waals surface area contributed by atoms with Crippen molar-refractivity contribution < 1.29 is 9.47 Å². The van der Waals surface area contributed by atoms with Gasteiger partial charge in [-0.05, 0) is 43.5 Å². The number of hydrogen-bond donors (Lipinski definition) is 1. The molecule has 4 heteroatoms. The van der Waals surface area contributed by atoms with Crippen molar-refractivity contribution in [3.63, 3.8) is 0 Å². The molecule has 0 aliphatic heterocycles. The summed E-state index contributed by atoms with van der Waals surface area (Å²) in [5.41, 5.74) is 2.19. The van der Waals surface area contributed by atoms with Gasteiger partial charge in [0, 0.05) is 12.6 Å². The van der Waals surface area contributed by atoms with Crippen LogP contribution in [0.2, 0.25) is 5.02 Å². The van der Waals surface area contributed by atoms with Gasteiger partial charge in [-0.3, -0.25) is 0 Å². The second-order valence-electron chi connectivity index (χ2n) is 5.80. The van der Waals surface area contributed by atoms with E-state index in [1.54, 1.807) is 0 Å². The smallest absolute Gasteiger partial charge is 0.180 e. The monoisotopic (exact) mass is 347 g/mol. The Balaban J connectivity index is 2.14. The third kappa shape index (κ3) is 5.43. The molecule has 0 amide bonds. The molecule has 2 aromatic rings. The third-order valence-electron chi connectivity index (χ3n) is 3.86. The highest BCUT2D eigenvalue weighted by Gasteiger charge is 2.13. The molecule has 0 spiro atoms. The predicted octanol–water partition coefficient (Wildman–Crippen LogP) is 5.21. The first-order chi connectivity index (χ1) is 11.6. The Kier molecular flexibility index (Phi) is 7.41. The van der Waals surface area contributed by atoms with Crippen LogP contribution >= 0.6 is 11.6 Å². The van der Waals surface area contributed by atoms with Crippen molar-refractivity contribution in [3.8, 4) is 11.5 Å². The zero-order valence-corrected chi connectivity index (χ0v) is 15.4. The number of ether oxygens (including phenoxy) is 2. The molecular weight excluding hydrogens is 322 g/mol. The van der Waals surface area contributed by atoms with E-state index in [2.05, 4.69) is 19.2 Å². The van der Waals surface area contributed by atoms with Gasteiger partial charge in [-0.1, -0.05) is 48.9 Å². The molecule has 0 aromatic heterocycles. The molecule has 3 nitrogen and oxygen atoms in total. The molecule has 1 N–H and O–H groups in total. The molecule has 24 heavy (non-hydrogen) atoms. The lowest BCUT2D eigenvalue weighted by Crippen LogP contribution is -2.24. The highest BCUT2D eigenvalue weighted by Crippen LogP contribution is 2.37. The second kappa shape index (κ2) is 9.55. The Morgan fingerprint density at radius 2 is 1.79 bits per heavy atom. The highest BCUT2D eigenvalue weighted by molar-refractivity contribution is 6.32. The van der Waals surface area contributed by atoms with E-state index in [4.69, 9.17) is 21.1 Å². The molecule has 1 atom stereocenters. The van der Waals surface area contributed by atoms with Crippen LogP contribution in [0, 0.1) is 0 Å². The molecule has 2 aromatic carbocycles. The molecule has 0 saturated heterocycles. The fourth-order valence-electron chi connectivity index (χ4n) is 2.29.